The van der Waals surface area contributed by atoms with E-state index in [-0.39, 0.29) is 6.03 Å². The SMILES string of the molecule is COc1ccc(CSC2CN=C(NC(=O)N(C)C)NC2)cc1. The second kappa shape index (κ2) is 7.93. The number of rotatable bonds is 4. The van der Waals surface area contributed by atoms with Gasteiger partial charge in [0.05, 0.1) is 13.7 Å². The summed E-state index contributed by atoms with van der Waals surface area (Å²) in [5, 5.41) is 6.29. The highest BCUT2D eigenvalue weighted by atomic mass is 32.2. The number of methoxy groups -OCH3 is 1. The lowest BCUT2D eigenvalue weighted by Crippen LogP contribution is -2.49. The average molecular weight is 322 g/mol. The van der Waals surface area contributed by atoms with E-state index in [0.717, 1.165) is 18.0 Å². The third kappa shape index (κ3) is 4.84. The van der Waals surface area contributed by atoms with Crippen LogP contribution in [0, 0.1) is 0 Å². The average Bonchev–Trinajstić information content (AvgIpc) is 2.54. The number of hydrogen-bond acceptors (Lipinski definition) is 5. The molecule has 0 fully saturated rings. The van der Waals surface area contributed by atoms with Gasteiger partial charge < -0.3 is 15.0 Å². The van der Waals surface area contributed by atoms with Gasteiger partial charge in [-0.05, 0) is 17.7 Å². The topological polar surface area (TPSA) is 66.0 Å². The normalized spacial score (nSPS) is 17.2. The van der Waals surface area contributed by atoms with Crippen LogP contribution in [0.1, 0.15) is 5.56 Å². The van der Waals surface area contributed by atoms with Crippen molar-refractivity contribution in [3.05, 3.63) is 29.8 Å². The Balaban J connectivity index is 1.76. The molecule has 0 saturated heterocycles. The fraction of sp³-hybridized carbons (Fsp3) is 0.467. The summed E-state index contributed by atoms with van der Waals surface area (Å²) in [7, 11) is 5.07. The van der Waals surface area contributed by atoms with Crippen LogP contribution in [-0.4, -0.2) is 56.4 Å². The van der Waals surface area contributed by atoms with Crippen molar-refractivity contribution in [3.63, 3.8) is 0 Å². The summed E-state index contributed by atoms with van der Waals surface area (Å²) < 4.78 is 5.15. The van der Waals surface area contributed by atoms with Gasteiger partial charge in [0, 0.05) is 31.6 Å². The molecule has 0 radical (unpaired) electrons. The van der Waals surface area contributed by atoms with Gasteiger partial charge in [-0.1, -0.05) is 12.1 Å². The molecule has 22 heavy (non-hydrogen) atoms. The molecule has 0 spiro atoms. The largest absolute Gasteiger partial charge is 0.497 e. The predicted octanol–water partition coefficient (Wildman–Crippen LogP) is 1.53. The Hall–Kier alpha value is -1.89. The minimum atomic E-state index is -0.171. The minimum Gasteiger partial charge on any atom is -0.497 e. The zero-order valence-electron chi connectivity index (χ0n) is 13.1. The second-order valence-corrected chi connectivity index (χ2v) is 6.46. The Kier molecular flexibility index (Phi) is 5.94. The molecule has 1 aliphatic rings. The molecule has 6 nitrogen and oxygen atoms in total. The summed E-state index contributed by atoms with van der Waals surface area (Å²) in [6.07, 6.45) is 0. The smallest absolute Gasteiger partial charge is 0.323 e. The fourth-order valence-electron chi connectivity index (χ4n) is 1.87. The van der Waals surface area contributed by atoms with E-state index >= 15 is 0 Å². The number of amides is 2. The van der Waals surface area contributed by atoms with Crippen LogP contribution in [0.2, 0.25) is 0 Å². The van der Waals surface area contributed by atoms with E-state index in [0.29, 0.717) is 17.8 Å². The highest BCUT2D eigenvalue weighted by Gasteiger charge is 2.17. The standard InChI is InChI=1S/C15H22N4O2S/c1-19(2)15(20)18-14-16-8-13(9-17-14)22-10-11-4-6-12(21-3)7-5-11/h4-7,13H,8-10H2,1-3H3,(H2,16,17,18,20). The van der Waals surface area contributed by atoms with Gasteiger partial charge in [0.25, 0.3) is 0 Å². The van der Waals surface area contributed by atoms with Crippen LogP contribution >= 0.6 is 11.8 Å². The molecule has 120 valence electrons. The van der Waals surface area contributed by atoms with Crippen molar-refractivity contribution < 1.29 is 9.53 Å². The quantitative estimate of drug-likeness (QED) is 0.882. The zero-order valence-corrected chi connectivity index (χ0v) is 13.9. The number of nitrogens with one attached hydrogen (secondary N) is 2. The summed E-state index contributed by atoms with van der Waals surface area (Å²) >= 11 is 1.86. The first-order valence-corrected chi connectivity index (χ1v) is 8.14. The first-order valence-electron chi connectivity index (χ1n) is 7.09. The maximum Gasteiger partial charge on any atom is 0.323 e. The molecule has 0 aliphatic carbocycles. The Morgan fingerprint density at radius 2 is 2.18 bits per heavy atom. The van der Waals surface area contributed by atoms with E-state index in [1.54, 1.807) is 21.2 Å². The van der Waals surface area contributed by atoms with E-state index in [1.165, 1.54) is 10.5 Å². The van der Waals surface area contributed by atoms with Crippen molar-refractivity contribution in [2.24, 2.45) is 4.99 Å². The number of benzene rings is 1. The monoisotopic (exact) mass is 322 g/mol. The lowest BCUT2D eigenvalue weighted by atomic mass is 10.2. The number of aliphatic imine (C=N–C) groups is 1. The van der Waals surface area contributed by atoms with E-state index < -0.39 is 0 Å². The summed E-state index contributed by atoms with van der Waals surface area (Å²) in [5.74, 6) is 2.37. The van der Waals surface area contributed by atoms with Crippen molar-refractivity contribution in [1.82, 2.24) is 15.5 Å². The van der Waals surface area contributed by atoms with Gasteiger partial charge in [-0.15, -0.1) is 11.8 Å². The van der Waals surface area contributed by atoms with Gasteiger partial charge in [0.15, 0.2) is 5.96 Å². The van der Waals surface area contributed by atoms with Gasteiger partial charge in [-0.3, -0.25) is 10.3 Å². The molecule has 0 saturated carbocycles. The number of guanidine groups is 1. The lowest BCUT2D eigenvalue weighted by Gasteiger charge is -2.23. The van der Waals surface area contributed by atoms with E-state index in [4.69, 9.17) is 4.74 Å². The van der Waals surface area contributed by atoms with Crippen LogP contribution in [0.5, 0.6) is 5.75 Å². The molecule has 2 amide bonds. The highest BCUT2D eigenvalue weighted by molar-refractivity contribution is 7.99. The van der Waals surface area contributed by atoms with E-state index in [2.05, 4.69) is 27.8 Å². The van der Waals surface area contributed by atoms with Crippen LogP contribution in [-0.2, 0) is 5.75 Å². The van der Waals surface area contributed by atoms with E-state index in [9.17, 15) is 4.79 Å². The van der Waals surface area contributed by atoms with E-state index in [1.807, 2.05) is 23.9 Å². The van der Waals surface area contributed by atoms with Crippen molar-refractivity contribution in [3.8, 4) is 5.75 Å². The molecule has 1 aromatic carbocycles. The molecule has 0 aromatic heterocycles. The molecular weight excluding hydrogens is 300 g/mol. The van der Waals surface area contributed by atoms with Gasteiger partial charge >= 0.3 is 6.03 Å². The minimum absolute atomic E-state index is 0.171. The summed E-state index contributed by atoms with van der Waals surface area (Å²) in [6.45, 7) is 1.50. The number of thioether (sulfide) groups is 1. The molecule has 2 N–H and O–H groups in total. The van der Waals surface area contributed by atoms with Crippen LogP contribution in [0.4, 0.5) is 4.79 Å². The molecule has 0 bridgehead atoms. The maximum absolute atomic E-state index is 11.5. The van der Waals surface area contributed by atoms with Crippen LogP contribution in [0.15, 0.2) is 29.3 Å². The zero-order chi connectivity index (χ0) is 15.9. The number of hydrogen-bond donors (Lipinski definition) is 2. The Morgan fingerprint density at radius 1 is 1.45 bits per heavy atom. The number of carbonyl (C=O) groups is 1. The molecule has 1 aromatic rings. The van der Waals surface area contributed by atoms with Gasteiger partial charge in [0.1, 0.15) is 5.75 Å². The summed E-state index contributed by atoms with van der Waals surface area (Å²) in [4.78, 5) is 17.4. The highest BCUT2D eigenvalue weighted by Crippen LogP contribution is 2.21. The molecule has 1 aliphatic heterocycles. The van der Waals surface area contributed by atoms with Crippen LogP contribution in [0.25, 0.3) is 0 Å². The predicted molar refractivity (Wildman–Crippen MR) is 90.6 cm³/mol. The molecular formula is C15H22N4O2S. The third-order valence-corrected chi connectivity index (χ3v) is 4.51. The maximum atomic E-state index is 11.5. The molecule has 1 atom stereocenters. The van der Waals surface area contributed by atoms with Crippen LogP contribution in [0.3, 0.4) is 0 Å². The Morgan fingerprint density at radius 3 is 2.73 bits per heavy atom. The van der Waals surface area contributed by atoms with Gasteiger partial charge in [-0.2, -0.15) is 0 Å². The molecule has 1 heterocycles. The molecule has 7 heteroatoms. The molecule has 2 rings (SSSR count). The van der Waals surface area contributed by atoms with Crippen molar-refractivity contribution in [1.29, 1.82) is 0 Å². The Labute approximate surface area is 135 Å². The van der Waals surface area contributed by atoms with Crippen LogP contribution < -0.4 is 15.4 Å². The van der Waals surface area contributed by atoms with Crippen molar-refractivity contribution in [2.75, 3.05) is 34.3 Å². The van der Waals surface area contributed by atoms with Crippen molar-refractivity contribution >= 4 is 23.8 Å². The number of nitrogens with zero attached hydrogens (tertiary/aromatic N) is 2. The van der Waals surface area contributed by atoms with Gasteiger partial charge in [0.2, 0.25) is 0 Å². The first kappa shape index (κ1) is 16.5. The first-order chi connectivity index (χ1) is 10.6. The number of carbonyl (C=O) groups excluding carboxylic acids is 1. The van der Waals surface area contributed by atoms with Gasteiger partial charge in [-0.25, -0.2) is 4.79 Å². The lowest BCUT2D eigenvalue weighted by molar-refractivity contribution is 0.222. The summed E-state index contributed by atoms with van der Waals surface area (Å²) in [6, 6.07) is 7.93. The Bertz CT molecular complexity index is 531. The number of ether oxygens (including phenoxy) is 1. The molecule has 1 unspecified atom stereocenters. The fourth-order valence-corrected chi connectivity index (χ4v) is 2.87. The summed E-state index contributed by atoms with van der Waals surface area (Å²) in [5.41, 5.74) is 1.27. The third-order valence-electron chi connectivity index (χ3n) is 3.23. The number of urea groups is 1. The van der Waals surface area contributed by atoms with Crippen molar-refractivity contribution in [2.45, 2.75) is 11.0 Å². The second-order valence-electron chi connectivity index (χ2n) is 5.18.